The Morgan fingerprint density at radius 1 is 1.47 bits per heavy atom. The maximum absolute atomic E-state index is 4.31. The highest BCUT2D eigenvalue weighted by Gasteiger charge is 2.30. The van der Waals surface area contributed by atoms with Gasteiger partial charge in [-0.2, -0.15) is 0 Å². The standard InChI is InChI=1S/C13H20N2/c1-13(2)7-6-11(9-13)15-10-12-5-3-4-8-14-12/h3-5,8,11,15H,6-7,9-10H2,1-2H3. The molecule has 1 heterocycles. The topological polar surface area (TPSA) is 24.9 Å². The highest BCUT2D eigenvalue weighted by atomic mass is 14.9. The van der Waals surface area contributed by atoms with Crippen LogP contribution < -0.4 is 5.32 Å². The minimum atomic E-state index is 0.530. The van der Waals surface area contributed by atoms with E-state index in [1.165, 1.54) is 19.3 Å². The van der Waals surface area contributed by atoms with Crippen LogP contribution in [0.1, 0.15) is 38.8 Å². The van der Waals surface area contributed by atoms with Crippen molar-refractivity contribution in [3.8, 4) is 0 Å². The Labute approximate surface area is 92.1 Å². The van der Waals surface area contributed by atoms with E-state index >= 15 is 0 Å². The summed E-state index contributed by atoms with van der Waals surface area (Å²) < 4.78 is 0. The van der Waals surface area contributed by atoms with Crippen molar-refractivity contribution in [2.75, 3.05) is 0 Å². The minimum absolute atomic E-state index is 0.530. The van der Waals surface area contributed by atoms with Gasteiger partial charge in [-0.3, -0.25) is 4.98 Å². The van der Waals surface area contributed by atoms with Gasteiger partial charge in [-0.15, -0.1) is 0 Å². The molecule has 1 aromatic rings. The minimum Gasteiger partial charge on any atom is -0.308 e. The van der Waals surface area contributed by atoms with Crippen molar-refractivity contribution in [3.63, 3.8) is 0 Å². The van der Waals surface area contributed by atoms with Crippen LogP contribution in [0, 0.1) is 5.41 Å². The maximum atomic E-state index is 4.31. The van der Waals surface area contributed by atoms with Gasteiger partial charge in [0.2, 0.25) is 0 Å². The lowest BCUT2D eigenvalue weighted by Crippen LogP contribution is -2.27. The molecule has 0 radical (unpaired) electrons. The maximum Gasteiger partial charge on any atom is 0.0541 e. The van der Waals surface area contributed by atoms with E-state index in [4.69, 9.17) is 0 Å². The molecule has 1 aliphatic rings. The SMILES string of the molecule is CC1(C)CCC(NCc2ccccn2)C1. The van der Waals surface area contributed by atoms with Crippen LogP contribution in [0.2, 0.25) is 0 Å². The summed E-state index contributed by atoms with van der Waals surface area (Å²) in [5, 5.41) is 3.59. The third-order valence-electron chi connectivity index (χ3n) is 3.27. The van der Waals surface area contributed by atoms with Gasteiger partial charge in [0.1, 0.15) is 0 Å². The molecule has 1 atom stereocenters. The second-order valence-electron chi connectivity index (χ2n) is 5.31. The zero-order chi connectivity index (χ0) is 10.7. The Kier molecular flexibility index (Phi) is 3.06. The molecule has 1 fully saturated rings. The van der Waals surface area contributed by atoms with E-state index < -0.39 is 0 Å². The van der Waals surface area contributed by atoms with Gasteiger partial charge in [-0.25, -0.2) is 0 Å². The average molecular weight is 204 g/mol. The predicted octanol–water partition coefficient (Wildman–Crippen LogP) is 2.75. The molecule has 0 bridgehead atoms. The summed E-state index contributed by atoms with van der Waals surface area (Å²) in [5.74, 6) is 0. The van der Waals surface area contributed by atoms with Crippen molar-refractivity contribution in [1.82, 2.24) is 10.3 Å². The molecular formula is C13H20N2. The molecule has 1 unspecified atom stereocenters. The second kappa shape index (κ2) is 4.31. The van der Waals surface area contributed by atoms with E-state index in [1.54, 1.807) is 0 Å². The Morgan fingerprint density at radius 2 is 2.33 bits per heavy atom. The zero-order valence-electron chi connectivity index (χ0n) is 9.66. The number of hydrogen-bond donors (Lipinski definition) is 1. The highest BCUT2D eigenvalue weighted by Crippen LogP contribution is 2.36. The molecule has 1 saturated carbocycles. The molecule has 15 heavy (non-hydrogen) atoms. The predicted molar refractivity (Wildman–Crippen MR) is 62.5 cm³/mol. The lowest BCUT2D eigenvalue weighted by molar-refractivity contribution is 0.364. The van der Waals surface area contributed by atoms with Crippen LogP contribution in [0.15, 0.2) is 24.4 Å². The van der Waals surface area contributed by atoms with E-state index in [9.17, 15) is 0 Å². The normalized spacial score (nSPS) is 24.3. The number of nitrogens with one attached hydrogen (secondary N) is 1. The summed E-state index contributed by atoms with van der Waals surface area (Å²) in [5.41, 5.74) is 1.67. The fraction of sp³-hybridized carbons (Fsp3) is 0.615. The lowest BCUT2D eigenvalue weighted by Gasteiger charge is -2.17. The molecule has 0 spiro atoms. The van der Waals surface area contributed by atoms with Crippen LogP contribution in [-0.2, 0) is 6.54 Å². The molecule has 1 aromatic heterocycles. The molecule has 0 saturated heterocycles. The summed E-state index contributed by atoms with van der Waals surface area (Å²) in [6.45, 7) is 5.62. The van der Waals surface area contributed by atoms with Crippen LogP contribution >= 0.6 is 0 Å². The molecule has 0 amide bonds. The van der Waals surface area contributed by atoms with Gasteiger partial charge >= 0.3 is 0 Å². The second-order valence-corrected chi connectivity index (χ2v) is 5.31. The molecule has 2 heteroatoms. The van der Waals surface area contributed by atoms with Crippen molar-refractivity contribution in [2.45, 2.75) is 45.7 Å². The van der Waals surface area contributed by atoms with Crippen molar-refractivity contribution < 1.29 is 0 Å². The largest absolute Gasteiger partial charge is 0.308 e. The van der Waals surface area contributed by atoms with E-state index in [1.807, 2.05) is 18.3 Å². The number of rotatable bonds is 3. The van der Waals surface area contributed by atoms with Gasteiger partial charge in [-0.05, 0) is 36.8 Å². The van der Waals surface area contributed by atoms with Crippen LogP contribution in [0.3, 0.4) is 0 Å². The molecule has 2 rings (SSSR count). The average Bonchev–Trinajstić information content (AvgIpc) is 2.57. The Hall–Kier alpha value is -0.890. The fourth-order valence-electron chi connectivity index (χ4n) is 2.36. The summed E-state index contributed by atoms with van der Waals surface area (Å²) in [6, 6.07) is 6.76. The quantitative estimate of drug-likeness (QED) is 0.819. The van der Waals surface area contributed by atoms with Gasteiger partial charge in [0.05, 0.1) is 5.69 Å². The van der Waals surface area contributed by atoms with Crippen molar-refractivity contribution in [2.24, 2.45) is 5.41 Å². The van der Waals surface area contributed by atoms with Gasteiger partial charge in [0.25, 0.3) is 0 Å². The Bertz CT molecular complexity index is 306. The van der Waals surface area contributed by atoms with E-state index in [2.05, 4.69) is 30.2 Å². The Morgan fingerprint density at radius 3 is 2.93 bits per heavy atom. The van der Waals surface area contributed by atoms with E-state index in [0.717, 1.165) is 12.2 Å². The highest BCUT2D eigenvalue weighted by molar-refractivity contribution is 5.03. The molecule has 1 aliphatic carbocycles. The van der Waals surface area contributed by atoms with Gasteiger partial charge < -0.3 is 5.32 Å². The first kappa shape index (κ1) is 10.6. The van der Waals surface area contributed by atoms with Gasteiger partial charge in [0.15, 0.2) is 0 Å². The van der Waals surface area contributed by atoms with Crippen LogP contribution in [0.5, 0.6) is 0 Å². The summed E-state index contributed by atoms with van der Waals surface area (Å²) in [6.07, 6.45) is 5.79. The van der Waals surface area contributed by atoms with Gasteiger partial charge in [-0.1, -0.05) is 19.9 Å². The van der Waals surface area contributed by atoms with Crippen molar-refractivity contribution in [1.29, 1.82) is 0 Å². The van der Waals surface area contributed by atoms with E-state index in [0.29, 0.717) is 11.5 Å². The molecule has 2 nitrogen and oxygen atoms in total. The lowest BCUT2D eigenvalue weighted by atomic mass is 9.92. The molecule has 0 aromatic carbocycles. The van der Waals surface area contributed by atoms with Gasteiger partial charge in [0, 0.05) is 18.8 Å². The first-order valence-corrected chi connectivity index (χ1v) is 5.79. The monoisotopic (exact) mass is 204 g/mol. The smallest absolute Gasteiger partial charge is 0.0541 e. The third kappa shape index (κ3) is 3.03. The van der Waals surface area contributed by atoms with E-state index in [-0.39, 0.29) is 0 Å². The third-order valence-corrected chi connectivity index (χ3v) is 3.27. The molecule has 82 valence electrons. The summed E-state index contributed by atoms with van der Waals surface area (Å²) in [7, 11) is 0. The number of hydrogen-bond acceptors (Lipinski definition) is 2. The fourth-order valence-corrected chi connectivity index (χ4v) is 2.36. The zero-order valence-corrected chi connectivity index (χ0v) is 9.66. The molecule has 0 aliphatic heterocycles. The number of aromatic nitrogens is 1. The van der Waals surface area contributed by atoms with Crippen LogP contribution in [-0.4, -0.2) is 11.0 Å². The summed E-state index contributed by atoms with van der Waals surface area (Å²) >= 11 is 0. The van der Waals surface area contributed by atoms with Crippen LogP contribution in [0.25, 0.3) is 0 Å². The summed E-state index contributed by atoms with van der Waals surface area (Å²) in [4.78, 5) is 4.31. The number of pyridine rings is 1. The van der Waals surface area contributed by atoms with Crippen LogP contribution in [0.4, 0.5) is 0 Å². The molecular weight excluding hydrogens is 184 g/mol. The first-order valence-electron chi connectivity index (χ1n) is 5.79. The molecule has 1 N–H and O–H groups in total. The van der Waals surface area contributed by atoms with Crippen molar-refractivity contribution in [3.05, 3.63) is 30.1 Å². The Balaban J connectivity index is 1.80. The first-order chi connectivity index (χ1) is 7.16. The van der Waals surface area contributed by atoms with Crippen molar-refractivity contribution >= 4 is 0 Å². The number of nitrogens with zero attached hydrogens (tertiary/aromatic N) is 1.